The van der Waals surface area contributed by atoms with Crippen LogP contribution >= 0.6 is 0 Å². The first kappa shape index (κ1) is 26.6. The number of unbranched alkanes of at least 4 members (excludes halogenated alkanes) is 2. The molecule has 6 nitrogen and oxygen atoms in total. The van der Waals surface area contributed by atoms with Crippen LogP contribution in [0, 0.1) is 0 Å². The summed E-state index contributed by atoms with van der Waals surface area (Å²) in [6.07, 6.45) is 4.11. The maximum atomic E-state index is 11.4. The first-order valence-electron chi connectivity index (χ1n) is 7.02. The van der Waals surface area contributed by atoms with Gasteiger partial charge in [-0.3, -0.25) is 0 Å². The van der Waals surface area contributed by atoms with E-state index >= 15 is 0 Å². The molecule has 25 heavy (non-hydrogen) atoms. The number of alkyl halides is 6. The lowest BCUT2D eigenvalue weighted by Gasteiger charge is -2.27. The molecule has 0 saturated carbocycles. The van der Waals surface area contributed by atoms with E-state index in [9.17, 15) is 43.2 Å². The number of sulfonamides is 2. The molecule has 0 N–H and O–H groups in total. The Hall–Kier alpha value is -0.600. The molecule has 0 rings (SSSR count). The topological polar surface area (TPSA) is 82.4 Å². The smallest absolute Gasteiger partial charge is 0.421 e. The second kappa shape index (κ2) is 9.37. The Balaban J connectivity index is 0. The van der Waals surface area contributed by atoms with Crippen molar-refractivity contribution in [1.82, 2.24) is 0 Å². The average molecular weight is 424 g/mol. The second-order valence-corrected chi connectivity index (χ2v) is 9.02. The fourth-order valence-corrected chi connectivity index (χ4v) is 2.87. The van der Waals surface area contributed by atoms with E-state index in [4.69, 9.17) is 0 Å². The fourth-order valence-electron chi connectivity index (χ4n) is 1.16. The van der Waals surface area contributed by atoms with Crippen LogP contribution in [0.2, 0.25) is 0 Å². The predicted molar refractivity (Wildman–Crippen MR) is 80.4 cm³/mol. The normalized spacial score (nSPS) is 14.0. The third-order valence-corrected chi connectivity index (χ3v) is 5.74. The van der Waals surface area contributed by atoms with E-state index in [0.29, 0.717) is 0 Å². The molecule has 154 valence electrons. The minimum absolute atomic E-state index is 0.778. The van der Waals surface area contributed by atoms with E-state index < -0.39 is 31.1 Å². The molecule has 0 aliphatic heterocycles. The zero-order valence-corrected chi connectivity index (χ0v) is 15.8. The highest BCUT2D eigenvalue weighted by atomic mass is 32.3. The second-order valence-electron chi connectivity index (χ2n) is 5.60. The quantitative estimate of drug-likeness (QED) is 0.357. The number of halogens is 6. The Labute approximate surface area is 143 Å². The van der Waals surface area contributed by atoms with Gasteiger partial charge in [0, 0.05) is 0 Å². The number of nitrogens with zero attached hydrogens (tertiary/aromatic N) is 2. The summed E-state index contributed by atoms with van der Waals surface area (Å²) in [5.41, 5.74) is -12.4. The van der Waals surface area contributed by atoms with Crippen molar-refractivity contribution in [2.45, 2.75) is 44.1 Å². The average Bonchev–Trinajstić information content (AvgIpc) is 2.35. The van der Waals surface area contributed by atoms with Gasteiger partial charge in [0.1, 0.15) is 0 Å². The van der Waals surface area contributed by atoms with E-state index in [0.717, 1.165) is 4.13 Å². The Morgan fingerprint density at radius 3 is 1.40 bits per heavy atom. The number of quaternary nitrogens is 1. The molecule has 0 fully saturated rings. The zero-order chi connectivity index (χ0) is 20.7. The van der Waals surface area contributed by atoms with Gasteiger partial charge in [-0.15, -0.1) is 0 Å². The summed E-state index contributed by atoms with van der Waals surface area (Å²) in [5.74, 6) is 0. The first-order valence-corrected chi connectivity index (χ1v) is 9.90. The van der Waals surface area contributed by atoms with Gasteiger partial charge in [-0.1, -0.05) is 13.3 Å². The van der Waals surface area contributed by atoms with E-state index in [-0.39, 0.29) is 0 Å². The van der Waals surface area contributed by atoms with Crippen molar-refractivity contribution in [2.24, 2.45) is 0 Å². The van der Waals surface area contributed by atoms with Gasteiger partial charge in [-0.2, -0.15) is 26.3 Å². The Morgan fingerprint density at radius 2 is 1.16 bits per heavy atom. The van der Waals surface area contributed by atoms with Crippen LogP contribution in [0.15, 0.2) is 0 Å². The van der Waals surface area contributed by atoms with Crippen molar-refractivity contribution in [3.05, 3.63) is 4.13 Å². The molecule has 0 spiro atoms. The van der Waals surface area contributed by atoms with Gasteiger partial charge < -0.3 is 8.61 Å². The SMILES string of the molecule is CCCCC[N+](C)(C)CC.O=S(=O)([N-]S(=O)(=O)C(F)(F)F)C(F)(F)F. The zero-order valence-electron chi connectivity index (χ0n) is 14.1. The van der Waals surface area contributed by atoms with Gasteiger partial charge in [0.15, 0.2) is 20.0 Å². The minimum atomic E-state index is -6.72. The summed E-state index contributed by atoms with van der Waals surface area (Å²) in [6, 6.07) is 0. The highest BCUT2D eigenvalue weighted by Gasteiger charge is 2.46. The van der Waals surface area contributed by atoms with Crippen LogP contribution in [-0.2, 0) is 20.0 Å². The summed E-state index contributed by atoms with van der Waals surface area (Å²) in [5, 5.41) is 0. The van der Waals surface area contributed by atoms with Crippen molar-refractivity contribution in [3.8, 4) is 0 Å². The molecule has 0 bridgehead atoms. The predicted octanol–water partition coefficient (Wildman–Crippen LogP) is 3.33. The summed E-state index contributed by atoms with van der Waals surface area (Å²) in [7, 11) is -8.84. The molecule has 0 atom stereocenters. The van der Waals surface area contributed by atoms with E-state index in [1.165, 1.54) is 36.8 Å². The summed E-state index contributed by atoms with van der Waals surface area (Å²) in [6.45, 7) is 7.10. The molecule has 0 saturated heterocycles. The van der Waals surface area contributed by atoms with Crippen LogP contribution in [0.4, 0.5) is 26.3 Å². The van der Waals surface area contributed by atoms with Crippen LogP contribution in [0.25, 0.3) is 4.13 Å². The molecule has 0 aromatic carbocycles. The van der Waals surface area contributed by atoms with Crippen molar-refractivity contribution < 1.29 is 47.7 Å². The maximum absolute atomic E-state index is 11.4. The maximum Gasteiger partial charge on any atom is 0.480 e. The largest absolute Gasteiger partial charge is 0.480 e. The molecule has 0 aliphatic carbocycles. The van der Waals surface area contributed by atoms with Gasteiger partial charge in [0.25, 0.3) is 0 Å². The molecular weight excluding hydrogens is 402 g/mol. The van der Waals surface area contributed by atoms with Crippen molar-refractivity contribution >= 4 is 20.0 Å². The fraction of sp³-hybridized carbons (Fsp3) is 1.00. The summed E-state index contributed by atoms with van der Waals surface area (Å²) in [4.78, 5) is 0. The van der Waals surface area contributed by atoms with Crippen LogP contribution in [0.1, 0.15) is 33.1 Å². The molecule has 0 aromatic rings. The van der Waals surface area contributed by atoms with E-state index in [2.05, 4.69) is 27.9 Å². The molecule has 0 unspecified atom stereocenters. The summed E-state index contributed by atoms with van der Waals surface area (Å²) >= 11 is 0. The van der Waals surface area contributed by atoms with Crippen molar-refractivity contribution in [3.63, 3.8) is 0 Å². The van der Waals surface area contributed by atoms with Crippen molar-refractivity contribution in [2.75, 3.05) is 27.2 Å². The standard InChI is InChI=1S/C9H22N.C2F6NO4S2/c1-5-7-8-9-10(3,4)6-2;3-1(4,5)14(10,11)9-15(12,13)2(6,7)8/h5-9H2,1-4H3;/q+1;-1. The Morgan fingerprint density at radius 1 is 0.800 bits per heavy atom. The molecule has 0 amide bonds. The van der Waals surface area contributed by atoms with Gasteiger partial charge >= 0.3 is 11.0 Å². The molecule has 0 aliphatic rings. The van der Waals surface area contributed by atoms with Crippen LogP contribution < -0.4 is 0 Å². The highest BCUT2D eigenvalue weighted by Crippen LogP contribution is 2.36. The lowest BCUT2D eigenvalue weighted by Crippen LogP contribution is -2.39. The number of rotatable bonds is 7. The third-order valence-electron chi connectivity index (χ3n) is 3.00. The van der Waals surface area contributed by atoms with E-state index in [1.54, 1.807) is 0 Å². The van der Waals surface area contributed by atoms with Gasteiger partial charge in [-0.25, -0.2) is 16.8 Å². The Kier molecular flexibility index (Phi) is 9.98. The lowest BCUT2D eigenvalue weighted by molar-refractivity contribution is -0.888. The monoisotopic (exact) mass is 424 g/mol. The highest BCUT2D eigenvalue weighted by molar-refractivity contribution is 8.13. The molecule has 14 heteroatoms. The number of hydrogen-bond donors (Lipinski definition) is 0. The number of hydrogen-bond acceptors (Lipinski definition) is 4. The van der Waals surface area contributed by atoms with Gasteiger partial charge in [0.2, 0.25) is 0 Å². The summed E-state index contributed by atoms with van der Waals surface area (Å²) < 4.78 is 110. The van der Waals surface area contributed by atoms with Crippen molar-refractivity contribution in [1.29, 1.82) is 0 Å². The first-order chi connectivity index (χ1) is 10.8. The van der Waals surface area contributed by atoms with Gasteiger partial charge in [0.05, 0.1) is 27.2 Å². The van der Waals surface area contributed by atoms with Gasteiger partial charge in [-0.05, 0) is 19.8 Å². The molecular formula is C11H22F6N2O4S2. The van der Waals surface area contributed by atoms with Crippen LogP contribution in [0.5, 0.6) is 0 Å². The molecule has 0 radical (unpaired) electrons. The third kappa shape index (κ3) is 10.2. The van der Waals surface area contributed by atoms with E-state index in [1.807, 2.05) is 0 Å². The lowest BCUT2D eigenvalue weighted by atomic mass is 10.2. The molecule has 0 heterocycles. The van der Waals surface area contributed by atoms with Crippen LogP contribution in [-0.4, -0.2) is 59.5 Å². The Bertz CT molecular complexity index is 555. The molecule has 0 aromatic heterocycles. The minimum Gasteiger partial charge on any atom is -0.421 e. The van der Waals surface area contributed by atoms with Crippen LogP contribution in [0.3, 0.4) is 0 Å².